The molecular formula is C20H27N5O. The normalized spacial score (nSPS) is 25.8. The van der Waals surface area contributed by atoms with Crippen LogP contribution in [0, 0.1) is 5.92 Å². The summed E-state index contributed by atoms with van der Waals surface area (Å²) in [6, 6.07) is 9.37. The lowest BCUT2D eigenvalue weighted by atomic mass is 9.97. The maximum Gasteiger partial charge on any atom is 0.221 e. The van der Waals surface area contributed by atoms with Gasteiger partial charge in [-0.3, -0.25) is 9.69 Å². The smallest absolute Gasteiger partial charge is 0.221 e. The van der Waals surface area contributed by atoms with Gasteiger partial charge in [0.25, 0.3) is 0 Å². The van der Waals surface area contributed by atoms with Crippen LogP contribution in [0.25, 0.3) is 0 Å². The van der Waals surface area contributed by atoms with E-state index in [4.69, 9.17) is 5.73 Å². The van der Waals surface area contributed by atoms with Gasteiger partial charge in [-0.15, -0.1) is 0 Å². The van der Waals surface area contributed by atoms with Gasteiger partial charge in [-0.25, -0.2) is 4.98 Å². The van der Waals surface area contributed by atoms with Crippen LogP contribution in [0.4, 0.5) is 5.69 Å². The van der Waals surface area contributed by atoms with Crippen molar-refractivity contribution in [2.24, 2.45) is 11.7 Å². The molecule has 0 aliphatic carbocycles. The zero-order chi connectivity index (χ0) is 18.1. The first-order chi connectivity index (χ1) is 12.6. The number of aromatic nitrogens is 2. The largest absolute Gasteiger partial charge is 0.375 e. The highest BCUT2D eigenvalue weighted by Gasteiger charge is 2.28. The first kappa shape index (κ1) is 17.1. The Morgan fingerprint density at radius 3 is 2.92 bits per heavy atom. The van der Waals surface area contributed by atoms with Crippen molar-refractivity contribution in [1.82, 2.24) is 14.5 Å². The third-order valence-corrected chi connectivity index (χ3v) is 5.67. The number of benzene rings is 1. The Morgan fingerprint density at radius 1 is 1.35 bits per heavy atom. The van der Waals surface area contributed by atoms with Gasteiger partial charge < -0.3 is 15.6 Å². The number of nitrogens with two attached hydrogens (primary N) is 1. The van der Waals surface area contributed by atoms with E-state index < -0.39 is 0 Å². The second kappa shape index (κ2) is 7.11. The standard InChI is InChI=1S/C20H27N5O/c1-14-11-18(20-22-8-10-25(14)20)23-17-6-4-15(5-7-17)12-24-9-2-3-16(13-24)19(21)26/h4-8,10,14,16,18,23H,2-3,9,11-13H2,1H3,(H2,21,26). The van der Waals surface area contributed by atoms with Crippen molar-refractivity contribution in [2.45, 2.75) is 44.8 Å². The summed E-state index contributed by atoms with van der Waals surface area (Å²) in [6.07, 6.45) is 6.96. The molecule has 3 N–H and O–H groups in total. The average molecular weight is 353 g/mol. The number of hydrogen-bond acceptors (Lipinski definition) is 4. The first-order valence-corrected chi connectivity index (χ1v) is 9.50. The molecule has 0 bridgehead atoms. The summed E-state index contributed by atoms with van der Waals surface area (Å²) in [6.45, 7) is 4.91. The molecule has 6 heteroatoms. The molecule has 138 valence electrons. The van der Waals surface area contributed by atoms with Crippen LogP contribution < -0.4 is 11.1 Å². The summed E-state index contributed by atoms with van der Waals surface area (Å²) in [5.74, 6) is 0.948. The number of anilines is 1. The van der Waals surface area contributed by atoms with Crippen molar-refractivity contribution < 1.29 is 4.79 Å². The second-order valence-electron chi connectivity index (χ2n) is 7.65. The molecular weight excluding hydrogens is 326 g/mol. The Balaban J connectivity index is 1.36. The zero-order valence-electron chi connectivity index (χ0n) is 15.3. The topological polar surface area (TPSA) is 76.2 Å². The molecule has 2 aliphatic heterocycles. The van der Waals surface area contributed by atoms with Crippen LogP contribution in [0.3, 0.4) is 0 Å². The van der Waals surface area contributed by atoms with E-state index in [0.717, 1.165) is 50.4 Å². The predicted octanol–water partition coefficient (Wildman–Crippen LogP) is 2.70. The molecule has 6 nitrogen and oxygen atoms in total. The lowest BCUT2D eigenvalue weighted by molar-refractivity contribution is -0.123. The Labute approximate surface area is 154 Å². The molecule has 3 unspecified atom stereocenters. The number of hydrogen-bond donors (Lipinski definition) is 2. The number of carbonyl (C=O) groups excluding carboxylic acids is 1. The monoisotopic (exact) mass is 353 g/mol. The van der Waals surface area contributed by atoms with Crippen molar-refractivity contribution >= 4 is 11.6 Å². The first-order valence-electron chi connectivity index (χ1n) is 9.50. The van der Waals surface area contributed by atoms with Crippen LogP contribution in [-0.4, -0.2) is 33.4 Å². The molecule has 0 radical (unpaired) electrons. The van der Waals surface area contributed by atoms with E-state index in [2.05, 4.69) is 57.2 Å². The molecule has 2 aromatic rings. The minimum Gasteiger partial charge on any atom is -0.375 e. The van der Waals surface area contributed by atoms with Gasteiger partial charge in [0.15, 0.2) is 0 Å². The quantitative estimate of drug-likeness (QED) is 0.866. The van der Waals surface area contributed by atoms with Gasteiger partial charge >= 0.3 is 0 Å². The fourth-order valence-electron chi connectivity index (χ4n) is 4.25. The summed E-state index contributed by atoms with van der Waals surface area (Å²) in [4.78, 5) is 18.3. The summed E-state index contributed by atoms with van der Waals surface area (Å²) >= 11 is 0. The van der Waals surface area contributed by atoms with Gasteiger partial charge in [0, 0.05) is 37.2 Å². The minimum absolute atomic E-state index is 0.00205. The van der Waals surface area contributed by atoms with Gasteiger partial charge in [0.2, 0.25) is 5.91 Å². The number of nitrogens with one attached hydrogen (secondary N) is 1. The van der Waals surface area contributed by atoms with Gasteiger partial charge in [-0.1, -0.05) is 12.1 Å². The molecule has 1 fully saturated rings. The van der Waals surface area contributed by atoms with Gasteiger partial charge in [0.05, 0.1) is 12.0 Å². The third-order valence-electron chi connectivity index (χ3n) is 5.67. The van der Waals surface area contributed by atoms with E-state index in [-0.39, 0.29) is 17.9 Å². The molecule has 1 amide bonds. The van der Waals surface area contributed by atoms with E-state index in [0.29, 0.717) is 6.04 Å². The molecule has 4 rings (SSSR count). The van der Waals surface area contributed by atoms with E-state index in [9.17, 15) is 4.79 Å². The Bertz CT molecular complexity index is 769. The highest BCUT2D eigenvalue weighted by molar-refractivity contribution is 5.76. The van der Waals surface area contributed by atoms with Crippen LogP contribution in [0.15, 0.2) is 36.7 Å². The number of likely N-dealkylation sites (tertiary alicyclic amines) is 1. The second-order valence-corrected chi connectivity index (χ2v) is 7.65. The highest BCUT2D eigenvalue weighted by atomic mass is 16.1. The average Bonchev–Trinajstić information content (AvgIpc) is 3.22. The summed E-state index contributed by atoms with van der Waals surface area (Å²) < 4.78 is 2.25. The number of primary amides is 1. The van der Waals surface area contributed by atoms with Gasteiger partial charge in [0.1, 0.15) is 5.82 Å². The number of carbonyl (C=O) groups is 1. The molecule has 26 heavy (non-hydrogen) atoms. The number of piperidine rings is 1. The number of nitrogens with zero attached hydrogens (tertiary/aromatic N) is 3. The molecule has 3 heterocycles. The fourth-order valence-corrected chi connectivity index (χ4v) is 4.25. The fraction of sp³-hybridized carbons (Fsp3) is 0.500. The van der Waals surface area contributed by atoms with Crippen molar-refractivity contribution in [3.63, 3.8) is 0 Å². The lowest BCUT2D eigenvalue weighted by Gasteiger charge is -2.31. The number of amides is 1. The van der Waals surface area contributed by atoms with Gasteiger partial charge in [-0.05, 0) is 50.4 Å². The van der Waals surface area contributed by atoms with Crippen LogP contribution in [0.2, 0.25) is 0 Å². The Morgan fingerprint density at radius 2 is 2.15 bits per heavy atom. The summed E-state index contributed by atoms with van der Waals surface area (Å²) in [5, 5.41) is 3.61. The van der Waals surface area contributed by atoms with Crippen LogP contribution in [0.1, 0.15) is 49.7 Å². The number of imidazole rings is 1. The zero-order valence-corrected chi connectivity index (χ0v) is 15.3. The number of fused-ring (bicyclic) bond motifs is 1. The van der Waals surface area contributed by atoms with Crippen molar-refractivity contribution in [3.05, 3.63) is 48.0 Å². The van der Waals surface area contributed by atoms with Crippen molar-refractivity contribution in [3.8, 4) is 0 Å². The van der Waals surface area contributed by atoms with Crippen LogP contribution in [0.5, 0.6) is 0 Å². The molecule has 3 atom stereocenters. The Hall–Kier alpha value is -2.34. The molecule has 2 aliphatic rings. The van der Waals surface area contributed by atoms with E-state index >= 15 is 0 Å². The van der Waals surface area contributed by atoms with E-state index in [1.165, 1.54) is 5.56 Å². The van der Waals surface area contributed by atoms with Gasteiger partial charge in [-0.2, -0.15) is 0 Å². The lowest BCUT2D eigenvalue weighted by Crippen LogP contribution is -2.40. The van der Waals surface area contributed by atoms with E-state index in [1.807, 2.05) is 6.20 Å². The van der Waals surface area contributed by atoms with Crippen molar-refractivity contribution in [1.29, 1.82) is 0 Å². The van der Waals surface area contributed by atoms with Crippen LogP contribution in [-0.2, 0) is 11.3 Å². The molecule has 1 saturated heterocycles. The highest BCUT2D eigenvalue weighted by Crippen LogP contribution is 2.35. The summed E-state index contributed by atoms with van der Waals surface area (Å²) in [5.41, 5.74) is 7.86. The maximum atomic E-state index is 11.4. The minimum atomic E-state index is -0.168. The predicted molar refractivity (Wildman–Crippen MR) is 102 cm³/mol. The summed E-state index contributed by atoms with van der Waals surface area (Å²) in [7, 11) is 0. The third kappa shape index (κ3) is 3.46. The van der Waals surface area contributed by atoms with Crippen molar-refractivity contribution in [2.75, 3.05) is 18.4 Å². The number of rotatable bonds is 5. The van der Waals surface area contributed by atoms with E-state index in [1.54, 1.807) is 0 Å². The molecule has 1 aromatic heterocycles. The van der Waals surface area contributed by atoms with Crippen LogP contribution >= 0.6 is 0 Å². The maximum absolute atomic E-state index is 11.4. The SMILES string of the molecule is CC1CC(Nc2ccc(CN3CCCC(C(N)=O)C3)cc2)c2nccn21. The molecule has 0 spiro atoms. The molecule has 0 saturated carbocycles. The Kier molecular flexibility index (Phi) is 4.68. The molecule has 1 aromatic carbocycles.